The van der Waals surface area contributed by atoms with Gasteiger partial charge in [0.05, 0.1) is 7.11 Å². The zero-order valence-corrected chi connectivity index (χ0v) is 16.0. The molecule has 1 aliphatic rings. The molecule has 2 N–H and O–H groups in total. The fraction of sp³-hybridized carbons (Fsp3) is 0.300. The molecular formula is C20H22N4O4. The van der Waals surface area contributed by atoms with Crippen molar-refractivity contribution in [3.05, 3.63) is 59.4 Å². The third-order valence-corrected chi connectivity index (χ3v) is 4.79. The second-order valence-corrected chi connectivity index (χ2v) is 6.76. The maximum atomic E-state index is 12.9. The normalized spacial score (nSPS) is 18.8. The van der Waals surface area contributed by atoms with Crippen LogP contribution in [-0.2, 0) is 21.7 Å². The van der Waals surface area contributed by atoms with Crippen LogP contribution in [0.3, 0.4) is 0 Å². The molecule has 0 radical (unpaired) electrons. The van der Waals surface area contributed by atoms with Gasteiger partial charge in [-0.15, -0.1) is 0 Å². The summed E-state index contributed by atoms with van der Waals surface area (Å²) in [5.41, 5.74) is 1.11. The summed E-state index contributed by atoms with van der Waals surface area (Å²) >= 11 is 0. The molecule has 146 valence electrons. The fourth-order valence-corrected chi connectivity index (χ4v) is 3.13. The molecule has 2 heterocycles. The van der Waals surface area contributed by atoms with Crippen molar-refractivity contribution in [1.82, 2.24) is 20.5 Å². The SMILES string of the molecule is COc1ccc(C2(C)NC(=O)N(CC(=O)NCc3ccncc3)C2=O)cc1C. The molecule has 1 aromatic heterocycles. The number of urea groups is 1. The van der Waals surface area contributed by atoms with Gasteiger partial charge in [-0.1, -0.05) is 6.07 Å². The molecule has 8 heteroatoms. The lowest BCUT2D eigenvalue weighted by molar-refractivity contribution is -0.134. The number of amides is 4. The third kappa shape index (κ3) is 3.66. The number of hydrogen-bond donors (Lipinski definition) is 2. The van der Waals surface area contributed by atoms with Gasteiger partial charge in [0.15, 0.2) is 0 Å². The van der Waals surface area contributed by atoms with Crippen LogP contribution in [-0.4, -0.2) is 41.4 Å². The zero-order chi connectivity index (χ0) is 20.3. The van der Waals surface area contributed by atoms with Gasteiger partial charge in [-0.3, -0.25) is 19.5 Å². The number of aromatic nitrogens is 1. The van der Waals surface area contributed by atoms with Gasteiger partial charge in [0.2, 0.25) is 5.91 Å². The van der Waals surface area contributed by atoms with Crippen molar-refractivity contribution in [2.45, 2.75) is 25.9 Å². The van der Waals surface area contributed by atoms with Crippen molar-refractivity contribution < 1.29 is 19.1 Å². The maximum absolute atomic E-state index is 12.9. The first kappa shape index (κ1) is 19.3. The summed E-state index contributed by atoms with van der Waals surface area (Å²) in [4.78, 5) is 42.4. The predicted molar refractivity (Wildman–Crippen MR) is 101 cm³/mol. The van der Waals surface area contributed by atoms with Crippen LogP contribution in [0.15, 0.2) is 42.7 Å². The van der Waals surface area contributed by atoms with Crippen LogP contribution >= 0.6 is 0 Å². The molecule has 1 aromatic carbocycles. The number of imide groups is 1. The van der Waals surface area contributed by atoms with Crippen LogP contribution in [0.1, 0.15) is 23.6 Å². The molecule has 1 aliphatic heterocycles. The lowest BCUT2D eigenvalue weighted by atomic mass is 9.90. The Morgan fingerprint density at radius 1 is 1.25 bits per heavy atom. The maximum Gasteiger partial charge on any atom is 0.325 e. The third-order valence-electron chi connectivity index (χ3n) is 4.79. The fourth-order valence-electron chi connectivity index (χ4n) is 3.13. The molecule has 1 unspecified atom stereocenters. The Labute approximate surface area is 162 Å². The molecule has 1 saturated heterocycles. The second kappa shape index (κ2) is 7.67. The Morgan fingerprint density at radius 3 is 2.61 bits per heavy atom. The molecular weight excluding hydrogens is 360 g/mol. The van der Waals surface area contributed by atoms with Gasteiger partial charge in [0.1, 0.15) is 17.8 Å². The van der Waals surface area contributed by atoms with Gasteiger partial charge in [-0.25, -0.2) is 4.79 Å². The number of carbonyl (C=O) groups is 3. The lowest BCUT2D eigenvalue weighted by Gasteiger charge is -2.23. The van der Waals surface area contributed by atoms with Gasteiger partial charge in [-0.2, -0.15) is 0 Å². The number of methoxy groups -OCH3 is 1. The van der Waals surface area contributed by atoms with E-state index in [9.17, 15) is 14.4 Å². The summed E-state index contributed by atoms with van der Waals surface area (Å²) in [7, 11) is 1.57. The van der Waals surface area contributed by atoms with Crippen molar-refractivity contribution in [2.24, 2.45) is 0 Å². The summed E-state index contributed by atoms with van der Waals surface area (Å²) in [6.45, 7) is 3.43. The van der Waals surface area contributed by atoms with Crippen molar-refractivity contribution in [3.8, 4) is 5.75 Å². The molecule has 1 atom stereocenters. The van der Waals surface area contributed by atoms with E-state index >= 15 is 0 Å². The molecule has 4 amide bonds. The number of ether oxygens (including phenoxy) is 1. The monoisotopic (exact) mass is 382 g/mol. The van der Waals surface area contributed by atoms with Crippen LogP contribution in [0.2, 0.25) is 0 Å². The zero-order valence-electron chi connectivity index (χ0n) is 16.0. The first-order valence-electron chi connectivity index (χ1n) is 8.80. The van der Waals surface area contributed by atoms with Crippen molar-refractivity contribution in [1.29, 1.82) is 0 Å². The Hall–Kier alpha value is -3.42. The van der Waals surface area contributed by atoms with E-state index in [1.165, 1.54) is 0 Å². The number of benzene rings is 1. The first-order valence-corrected chi connectivity index (χ1v) is 8.80. The van der Waals surface area contributed by atoms with E-state index in [2.05, 4.69) is 15.6 Å². The average Bonchev–Trinajstić information content (AvgIpc) is 2.91. The van der Waals surface area contributed by atoms with Gasteiger partial charge < -0.3 is 15.4 Å². The summed E-state index contributed by atoms with van der Waals surface area (Å²) in [5, 5.41) is 5.40. The number of aryl methyl sites for hydroxylation is 1. The van der Waals surface area contributed by atoms with Gasteiger partial charge in [0, 0.05) is 18.9 Å². The topological polar surface area (TPSA) is 101 Å². The van der Waals surface area contributed by atoms with E-state index in [-0.39, 0.29) is 6.54 Å². The average molecular weight is 382 g/mol. The van der Waals surface area contributed by atoms with Crippen molar-refractivity contribution in [2.75, 3.05) is 13.7 Å². The van der Waals surface area contributed by atoms with E-state index in [0.717, 1.165) is 16.0 Å². The molecule has 0 aliphatic carbocycles. The highest BCUT2D eigenvalue weighted by Gasteiger charge is 2.49. The number of nitrogens with one attached hydrogen (secondary N) is 2. The van der Waals surface area contributed by atoms with Crippen molar-refractivity contribution in [3.63, 3.8) is 0 Å². The molecule has 2 aromatic rings. The summed E-state index contributed by atoms with van der Waals surface area (Å²) in [5.74, 6) is -0.201. The summed E-state index contributed by atoms with van der Waals surface area (Å²) < 4.78 is 5.24. The molecule has 28 heavy (non-hydrogen) atoms. The number of nitrogens with zero attached hydrogens (tertiary/aromatic N) is 2. The number of carbonyl (C=O) groups excluding carboxylic acids is 3. The number of rotatable bonds is 6. The largest absolute Gasteiger partial charge is 0.496 e. The Kier molecular flexibility index (Phi) is 5.30. The highest BCUT2D eigenvalue weighted by molar-refractivity contribution is 6.09. The highest BCUT2D eigenvalue weighted by atomic mass is 16.5. The molecule has 0 saturated carbocycles. The smallest absolute Gasteiger partial charge is 0.325 e. The molecule has 8 nitrogen and oxygen atoms in total. The van der Waals surface area contributed by atoms with E-state index in [4.69, 9.17) is 4.74 Å². The summed E-state index contributed by atoms with van der Waals surface area (Å²) in [6.07, 6.45) is 3.25. The van der Waals surface area contributed by atoms with Gasteiger partial charge in [0.25, 0.3) is 5.91 Å². The van der Waals surface area contributed by atoms with E-state index in [0.29, 0.717) is 17.9 Å². The molecule has 1 fully saturated rings. The van der Waals surface area contributed by atoms with E-state index in [1.807, 2.05) is 6.92 Å². The highest BCUT2D eigenvalue weighted by Crippen LogP contribution is 2.31. The van der Waals surface area contributed by atoms with Crippen LogP contribution in [0.4, 0.5) is 4.79 Å². The van der Waals surface area contributed by atoms with Gasteiger partial charge in [-0.05, 0) is 54.8 Å². The molecule has 0 spiro atoms. The van der Waals surface area contributed by atoms with Crippen LogP contribution in [0.25, 0.3) is 0 Å². The van der Waals surface area contributed by atoms with Gasteiger partial charge >= 0.3 is 6.03 Å². The summed E-state index contributed by atoms with van der Waals surface area (Å²) in [6, 6.07) is 8.23. The predicted octanol–water partition coefficient (Wildman–Crippen LogP) is 1.48. The Balaban J connectivity index is 1.70. The van der Waals surface area contributed by atoms with Crippen LogP contribution in [0, 0.1) is 6.92 Å². The Bertz CT molecular complexity index is 916. The van der Waals surface area contributed by atoms with Crippen LogP contribution < -0.4 is 15.4 Å². The first-order chi connectivity index (χ1) is 13.3. The molecule has 0 bridgehead atoms. The minimum Gasteiger partial charge on any atom is -0.496 e. The van der Waals surface area contributed by atoms with Crippen molar-refractivity contribution >= 4 is 17.8 Å². The minimum absolute atomic E-state index is 0.292. The second-order valence-electron chi connectivity index (χ2n) is 6.76. The number of hydrogen-bond acceptors (Lipinski definition) is 5. The standard InChI is InChI=1S/C20H22N4O4/c1-13-10-15(4-5-16(13)28-3)20(2)18(26)24(19(27)23-20)12-17(25)22-11-14-6-8-21-9-7-14/h4-10H,11-12H2,1-3H3,(H,22,25)(H,23,27). The molecule has 3 rings (SSSR count). The van der Waals surface area contributed by atoms with Crippen LogP contribution in [0.5, 0.6) is 5.75 Å². The number of pyridine rings is 1. The Morgan fingerprint density at radius 2 is 1.96 bits per heavy atom. The lowest BCUT2D eigenvalue weighted by Crippen LogP contribution is -2.43. The van der Waals surface area contributed by atoms with E-state index < -0.39 is 23.4 Å². The minimum atomic E-state index is -1.24. The van der Waals surface area contributed by atoms with E-state index in [1.54, 1.807) is 56.8 Å². The quantitative estimate of drug-likeness (QED) is 0.737.